The van der Waals surface area contributed by atoms with Crippen LogP contribution in [0.5, 0.6) is 0 Å². The summed E-state index contributed by atoms with van der Waals surface area (Å²) < 4.78 is 0. The predicted molar refractivity (Wildman–Crippen MR) is 42.1 cm³/mol. The summed E-state index contributed by atoms with van der Waals surface area (Å²) >= 11 is 0. The van der Waals surface area contributed by atoms with Crippen LogP contribution >= 0.6 is 0 Å². The first-order valence-corrected chi connectivity index (χ1v) is 4.41. The molecule has 0 aromatic carbocycles. The summed E-state index contributed by atoms with van der Waals surface area (Å²) in [7, 11) is 0. The third-order valence-electron chi connectivity index (χ3n) is 4.05. The molecule has 0 heterocycles. The monoisotopic (exact) mass is 156 g/mol. The van der Waals surface area contributed by atoms with Crippen molar-refractivity contribution in [3.05, 3.63) is 0 Å². The topological polar surface area (TPSA) is 40.5 Å². The summed E-state index contributed by atoms with van der Waals surface area (Å²) in [5, 5.41) is 19.9. The molecule has 2 aliphatic rings. The number of hydrogen-bond acceptors (Lipinski definition) is 2. The van der Waals surface area contributed by atoms with Gasteiger partial charge in [0.05, 0.1) is 11.2 Å². The molecule has 0 radical (unpaired) electrons. The second-order valence-electron chi connectivity index (χ2n) is 4.50. The van der Waals surface area contributed by atoms with E-state index in [1.807, 2.05) is 0 Å². The molecule has 2 aliphatic carbocycles. The van der Waals surface area contributed by atoms with E-state index < -0.39 is 11.2 Å². The van der Waals surface area contributed by atoms with E-state index in [-0.39, 0.29) is 0 Å². The summed E-state index contributed by atoms with van der Waals surface area (Å²) in [6.07, 6.45) is 3.20. The van der Waals surface area contributed by atoms with Crippen LogP contribution < -0.4 is 0 Å². The molecule has 0 saturated heterocycles. The zero-order valence-corrected chi connectivity index (χ0v) is 7.17. The Morgan fingerprint density at radius 2 is 1.36 bits per heavy atom. The molecule has 0 amide bonds. The third-order valence-corrected chi connectivity index (χ3v) is 4.05. The molecule has 2 bridgehead atoms. The third kappa shape index (κ3) is 0.695. The van der Waals surface area contributed by atoms with E-state index in [2.05, 4.69) is 0 Å². The normalized spacial score (nSPS) is 62.2. The molecular formula is C9H16O2. The van der Waals surface area contributed by atoms with Crippen LogP contribution in [0.25, 0.3) is 0 Å². The van der Waals surface area contributed by atoms with E-state index in [9.17, 15) is 10.2 Å². The van der Waals surface area contributed by atoms with Crippen molar-refractivity contribution in [3.63, 3.8) is 0 Å². The molecule has 64 valence electrons. The van der Waals surface area contributed by atoms with Crippen LogP contribution in [0.15, 0.2) is 0 Å². The van der Waals surface area contributed by atoms with Crippen LogP contribution in [0.1, 0.15) is 33.1 Å². The lowest BCUT2D eigenvalue weighted by Gasteiger charge is -2.41. The van der Waals surface area contributed by atoms with Gasteiger partial charge in [-0.2, -0.15) is 0 Å². The van der Waals surface area contributed by atoms with Gasteiger partial charge in [-0.25, -0.2) is 0 Å². The molecule has 0 spiro atoms. The minimum Gasteiger partial charge on any atom is -0.387 e. The van der Waals surface area contributed by atoms with E-state index >= 15 is 0 Å². The zero-order chi connectivity index (χ0) is 8.28. The van der Waals surface area contributed by atoms with Crippen LogP contribution in [0, 0.1) is 11.8 Å². The van der Waals surface area contributed by atoms with Gasteiger partial charge in [-0.3, -0.25) is 0 Å². The van der Waals surface area contributed by atoms with Crippen LogP contribution in [0.3, 0.4) is 0 Å². The Kier molecular flexibility index (Phi) is 1.24. The first-order chi connectivity index (χ1) is 4.96. The molecule has 2 N–H and O–H groups in total. The van der Waals surface area contributed by atoms with Crippen molar-refractivity contribution in [1.82, 2.24) is 0 Å². The molecule has 2 nitrogen and oxygen atoms in total. The van der Waals surface area contributed by atoms with Crippen LogP contribution in [0.2, 0.25) is 0 Å². The fourth-order valence-corrected chi connectivity index (χ4v) is 2.83. The van der Waals surface area contributed by atoms with Gasteiger partial charge in [-0.1, -0.05) is 0 Å². The van der Waals surface area contributed by atoms with Crippen molar-refractivity contribution in [2.75, 3.05) is 0 Å². The maximum absolute atomic E-state index is 9.96. The highest BCUT2D eigenvalue weighted by molar-refractivity contribution is 5.12. The van der Waals surface area contributed by atoms with Crippen molar-refractivity contribution in [1.29, 1.82) is 0 Å². The molecule has 0 aliphatic heterocycles. The Hall–Kier alpha value is -0.0800. The summed E-state index contributed by atoms with van der Waals surface area (Å²) in [5.41, 5.74) is -1.67. The molecule has 2 fully saturated rings. The summed E-state index contributed by atoms with van der Waals surface area (Å²) in [4.78, 5) is 0. The Labute approximate surface area is 67.2 Å². The minimum atomic E-state index is -0.837. The average Bonchev–Trinajstić information content (AvgIpc) is 2.37. The Morgan fingerprint density at radius 1 is 1.00 bits per heavy atom. The number of hydrogen-bond donors (Lipinski definition) is 2. The minimum absolute atomic E-state index is 0.336. The quantitative estimate of drug-likeness (QED) is 0.547. The molecule has 0 aromatic rings. The van der Waals surface area contributed by atoms with E-state index in [1.54, 1.807) is 13.8 Å². The van der Waals surface area contributed by atoms with Gasteiger partial charge >= 0.3 is 0 Å². The van der Waals surface area contributed by atoms with Crippen LogP contribution in [-0.4, -0.2) is 21.4 Å². The standard InChI is InChI=1S/C9H16O2/c1-8(10)6-3-4-7(5-6)9(8,2)11/h6-7,10-11H,3-5H2,1-2H3. The van der Waals surface area contributed by atoms with Crippen molar-refractivity contribution in [2.45, 2.75) is 44.3 Å². The van der Waals surface area contributed by atoms with E-state index in [1.165, 1.54) is 0 Å². The fraction of sp³-hybridized carbons (Fsp3) is 1.00. The Balaban J connectivity index is 2.36. The lowest BCUT2D eigenvalue weighted by molar-refractivity contribution is -0.160. The largest absolute Gasteiger partial charge is 0.387 e. The molecule has 4 atom stereocenters. The maximum atomic E-state index is 9.96. The van der Waals surface area contributed by atoms with Gasteiger partial charge in [0.15, 0.2) is 0 Å². The first-order valence-electron chi connectivity index (χ1n) is 4.41. The zero-order valence-electron chi connectivity index (χ0n) is 7.17. The number of rotatable bonds is 0. The lowest BCUT2D eigenvalue weighted by atomic mass is 9.74. The summed E-state index contributed by atoms with van der Waals surface area (Å²) in [6.45, 7) is 3.55. The Morgan fingerprint density at radius 3 is 1.55 bits per heavy atom. The first kappa shape index (κ1) is 7.56. The van der Waals surface area contributed by atoms with Gasteiger partial charge in [0.1, 0.15) is 0 Å². The molecule has 2 heteroatoms. The SMILES string of the molecule is CC1(O)C2CCC(C2)C1(C)O. The van der Waals surface area contributed by atoms with Gasteiger partial charge in [0, 0.05) is 0 Å². The second kappa shape index (κ2) is 1.80. The van der Waals surface area contributed by atoms with Crippen molar-refractivity contribution in [2.24, 2.45) is 11.8 Å². The van der Waals surface area contributed by atoms with Crippen molar-refractivity contribution >= 4 is 0 Å². The predicted octanol–water partition coefficient (Wildman–Crippen LogP) is 0.918. The highest BCUT2D eigenvalue weighted by Gasteiger charge is 2.61. The molecule has 11 heavy (non-hydrogen) atoms. The van der Waals surface area contributed by atoms with E-state index in [0.29, 0.717) is 11.8 Å². The smallest absolute Gasteiger partial charge is 0.0933 e. The number of fused-ring (bicyclic) bond motifs is 2. The fourth-order valence-electron chi connectivity index (χ4n) is 2.83. The summed E-state index contributed by atoms with van der Waals surface area (Å²) in [5.74, 6) is 0.671. The lowest BCUT2D eigenvalue weighted by Crippen LogP contribution is -2.54. The molecule has 0 aromatic heterocycles. The van der Waals surface area contributed by atoms with Crippen LogP contribution in [0.4, 0.5) is 0 Å². The van der Waals surface area contributed by atoms with Crippen molar-refractivity contribution in [3.8, 4) is 0 Å². The number of aliphatic hydroxyl groups is 2. The molecule has 4 unspecified atom stereocenters. The molecular weight excluding hydrogens is 140 g/mol. The van der Waals surface area contributed by atoms with E-state index in [0.717, 1.165) is 19.3 Å². The van der Waals surface area contributed by atoms with Gasteiger partial charge in [0.2, 0.25) is 0 Å². The highest BCUT2D eigenvalue weighted by atomic mass is 16.4. The average molecular weight is 156 g/mol. The molecule has 2 rings (SSSR count). The second-order valence-corrected chi connectivity index (χ2v) is 4.50. The van der Waals surface area contributed by atoms with Gasteiger partial charge < -0.3 is 10.2 Å². The maximum Gasteiger partial charge on any atom is 0.0933 e. The Bertz CT molecular complexity index is 164. The summed E-state index contributed by atoms with van der Waals surface area (Å²) in [6, 6.07) is 0. The van der Waals surface area contributed by atoms with E-state index in [4.69, 9.17) is 0 Å². The van der Waals surface area contributed by atoms with Gasteiger partial charge in [-0.15, -0.1) is 0 Å². The molecule has 2 saturated carbocycles. The van der Waals surface area contributed by atoms with Gasteiger partial charge in [0.25, 0.3) is 0 Å². The van der Waals surface area contributed by atoms with Gasteiger partial charge in [-0.05, 0) is 44.9 Å². The van der Waals surface area contributed by atoms with Crippen LogP contribution in [-0.2, 0) is 0 Å². The van der Waals surface area contributed by atoms with Crippen molar-refractivity contribution < 1.29 is 10.2 Å². The highest BCUT2D eigenvalue weighted by Crippen LogP contribution is 2.56.